The van der Waals surface area contributed by atoms with E-state index in [0.717, 1.165) is 128 Å². The smallest absolute Gasteiger partial charge is 0.306 e. The first kappa shape index (κ1) is 78.8. The second kappa shape index (κ2) is 70.3. The van der Waals surface area contributed by atoms with Gasteiger partial charge in [-0.15, -0.1) is 0 Å². The summed E-state index contributed by atoms with van der Waals surface area (Å²) in [6.45, 7) is 6.52. The van der Waals surface area contributed by atoms with Crippen molar-refractivity contribution in [1.29, 1.82) is 0 Å². The summed E-state index contributed by atoms with van der Waals surface area (Å²) >= 11 is 0. The molecule has 0 fully saturated rings. The van der Waals surface area contributed by atoms with Crippen LogP contribution in [0.15, 0.2) is 122 Å². The topological polar surface area (TPSA) is 78.9 Å². The summed E-state index contributed by atoms with van der Waals surface area (Å²) < 4.78 is 17.0. The van der Waals surface area contributed by atoms with Gasteiger partial charge in [0, 0.05) is 19.3 Å². The van der Waals surface area contributed by atoms with E-state index >= 15 is 0 Å². The molecule has 0 saturated carbocycles. The molecule has 0 aromatic rings. The van der Waals surface area contributed by atoms with Crippen LogP contribution in [0.2, 0.25) is 0 Å². The minimum absolute atomic E-state index is 0.0879. The molecule has 6 nitrogen and oxygen atoms in total. The summed E-state index contributed by atoms with van der Waals surface area (Å²) in [6.07, 6.45) is 97.8. The van der Waals surface area contributed by atoms with Gasteiger partial charge in [0.05, 0.1) is 0 Å². The van der Waals surface area contributed by atoms with Crippen LogP contribution in [0.1, 0.15) is 329 Å². The predicted octanol–water partition coefficient (Wildman–Crippen LogP) is 24.3. The largest absolute Gasteiger partial charge is 0.462 e. The Labute approximate surface area is 513 Å². The maximum atomic E-state index is 12.9. The Balaban J connectivity index is 4.37. The zero-order valence-corrected chi connectivity index (χ0v) is 54.4. The number of carbonyl (C=O) groups excluding carboxylic acids is 3. The summed E-state index contributed by atoms with van der Waals surface area (Å²) in [7, 11) is 0. The third-order valence-corrected chi connectivity index (χ3v) is 14.9. The molecule has 0 saturated heterocycles. The molecule has 83 heavy (non-hydrogen) atoms. The first-order chi connectivity index (χ1) is 41.0. The highest BCUT2D eigenvalue weighted by atomic mass is 16.6. The minimum atomic E-state index is -0.793. The van der Waals surface area contributed by atoms with Crippen molar-refractivity contribution in [2.45, 2.75) is 335 Å². The van der Waals surface area contributed by atoms with E-state index in [0.29, 0.717) is 19.3 Å². The molecule has 474 valence electrons. The van der Waals surface area contributed by atoms with Crippen molar-refractivity contribution in [3.05, 3.63) is 122 Å². The van der Waals surface area contributed by atoms with Gasteiger partial charge < -0.3 is 14.2 Å². The van der Waals surface area contributed by atoms with E-state index in [1.54, 1.807) is 0 Å². The highest BCUT2D eigenvalue weighted by Crippen LogP contribution is 2.16. The minimum Gasteiger partial charge on any atom is -0.462 e. The third kappa shape index (κ3) is 68.5. The number of hydrogen-bond donors (Lipinski definition) is 0. The Morgan fingerprint density at radius 3 is 0.747 bits per heavy atom. The summed E-state index contributed by atoms with van der Waals surface area (Å²) in [5, 5.41) is 0. The number of rotatable bonds is 63. The lowest BCUT2D eigenvalue weighted by Crippen LogP contribution is -2.30. The van der Waals surface area contributed by atoms with Crippen LogP contribution in [0.4, 0.5) is 0 Å². The normalized spacial score (nSPS) is 12.9. The molecule has 0 aromatic carbocycles. The lowest BCUT2D eigenvalue weighted by atomic mass is 10.1. The Hall–Kier alpha value is -4.19. The van der Waals surface area contributed by atoms with Crippen LogP contribution in [0, 0.1) is 0 Å². The van der Waals surface area contributed by atoms with Gasteiger partial charge in [0.25, 0.3) is 0 Å². The van der Waals surface area contributed by atoms with Gasteiger partial charge >= 0.3 is 17.9 Å². The molecular formula is C77H130O6. The molecule has 0 radical (unpaired) electrons. The third-order valence-electron chi connectivity index (χ3n) is 14.9. The number of ether oxygens (including phenoxy) is 3. The SMILES string of the molecule is CC/C=C\C/C=C\C/C=C\C/C=C\C/C=C\C/C=C\C/C=C\C/C=C\CCCCCCCCC(=O)OCC(COC(=O)CCCCCCC/C=C\CCCCCCCC)OC(=O)CCCCCCCCCCC/C=C\CCCCCCCC. The van der Waals surface area contributed by atoms with Gasteiger partial charge in [-0.3, -0.25) is 14.4 Å². The van der Waals surface area contributed by atoms with Crippen LogP contribution in [0.25, 0.3) is 0 Å². The van der Waals surface area contributed by atoms with Crippen molar-refractivity contribution < 1.29 is 28.6 Å². The average Bonchev–Trinajstić information content (AvgIpc) is 3.49. The fraction of sp³-hybridized carbons (Fsp3) is 0.701. The first-order valence-corrected chi connectivity index (χ1v) is 35.0. The van der Waals surface area contributed by atoms with Crippen molar-refractivity contribution in [1.82, 2.24) is 0 Å². The summed E-state index contributed by atoms with van der Waals surface area (Å²) in [6, 6.07) is 0. The Morgan fingerprint density at radius 2 is 0.470 bits per heavy atom. The molecule has 1 atom stereocenters. The van der Waals surface area contributed by atoms with Crippen molar-refractivity contribution in [3.63, 3.8) is 0 Å². The second-order valence-electron chi connectivity index (χ2n) is 23.1. The van der Waals surface area contributed by atoms with Gasteiger partial charge in [-0.2, -0.15) is 0 Å². The van der Waals surface area contributed by atoms with E-state index < -0.39 is 6.10 Å². The van der Waals surface area contributed by atoms with Crippen molar-refractivity contribution in [2.75, 3.05) is 13.2 Å². The standard InChI is InChI=1S/C77H130O6/c1-4-7-10-13-16-19-22-25-28-30-32-33-34-35-36-37-38-39-40-41-42-43-45-46-49-52-55-58-61-64-67-70-76(79)82-73-74(72-81-75(78)69-66-63-60-57-54-51-48-27-24-21-18-15-12-9-6-3)83-77(80)71-68-65-62-59-56-53-50-47-44-31-29-26-23-20-17-14-11-8-5-2/h7,10,16,19,25-29,32-33,35-36,38-39,41-42,45-46,48,74H,4-6,8-9,11-15,17-18,20-24,30-31,34,37,40,43-44,47,49-73H2,1-3H3/b10-7-,19-16-,28-25-,29-26-,33-32-,36-35-,39-38-,42-41-,46-45-,48-27-. The van der Waals surface area contributed by atoms with E-state index in [1.165, 1.54) is 161 Å². The van der Waals surface area contributed by atoms with Crippen LogP contribution in [0.3, 0.4) is 0 Å². The quantitative estimate of drug-likeness (QED) is 0.0261. The fourth-order valence-corrected chi connectivity index (χ4v) is 9.68. The van der Waals surface area contributed by atoms with Crippen LogP contribution in [-0.2, 0) is 28.6 Å². The van der Waals surface area contributed by atoms with Crippen LogP contribution in [0.5, 0.6) is 0 Å². The van der Waals surface area contributed by atoms with Crippen molar-refractivity contribution in [3.8, 4) is 0 Å². The van der Waals surface area contributed by atoms with E-state index in [1.807, 2.05) is 0 Å². The number of carbonyl (C=O) groups is 3. The zero-order valence-electron chi connectivity index (χ0n) is 54.4. The van der Waals surface area contributed by atoms with E-state index in [-0.39, 0.29) is 31.1 Å². The highest BCUT2D eigenvalue weighted by Gasteiger charge is 2.19. The molecule has 0 bridgehead atoms. The fourth-order valence-electron chi connectivity index (χ4n) is 9.68. The van der Waals surface area contributed by atoms with Crippen LogP contribution in [-0.4, -0.2) is 37.2 Å². The second-order valence-corrected chi connectivity index (χ2v) is 23.1. The van der Waals surface area contributed by atoms with Gasteiger partial charge in [0.15, 0.2) is 6.10 Å². The lowest BCUT2D eigenvalue weighted by molar-refractivity contribution is -0.167. The molecule has 0 N–H and O–H groups in total. The zero-order chi connectivity index (χ0) is 59.9. The molecule has 0 aliphatic carbocycles. The monoisotopic (exact) mass is 1150 g/mol. The molecule has 0 heterocycles. The summed E-state index contributed by atoms with van der Waals surface area (Å²) in [5.74, 6) is -0.902. The molecule has 0 aliphatic heterocycles. The Bertz CT molecular complexity index is 1700. The van der Waals surface area contributed by atoms with E-state index in [2.05, 4.69) is 142 Å². The van der Waals surface area contributed by atoms with Crippen molar-refractivity contribution in [2.24, 2.45) is 0 Å². The Morgan fingerprint density at radius 1 is 0.253 bits per heavy atom. The van der Waals surface area contributed by atoms with E-state index in [4.69, 9.17) is 14.2 Å². The summed E-state index contributed by atoms with van der Waals surface area (Å²) in [5.41, 5.74) is 0. The van der Waals surface area contributed by atoms with E-state index in [9.17, 15) is 14.4 Å². The molecule has 0 aromatic heterocycles. The highest BCUT2D eigenvalue weighted by molar-refractivity contribution is 5.71. The molecule has 0 spiro atoms. The first-order valence-electron chi connectivity index (χ1n) is 35.0. The van der Waals surface area contributed by atoms with Gasteiger partial charge in [-0.1, -0.05) is 296 Å². The molecule has 6 heteroatoms. The average molecular weight is 1150 g/mol. The molecular weight excluding hydrogens is 1020 g/mol. The summed E-state index contributed by atoms with van der Waals surface area (Å²) in [4.78, 5) is 38.4. The van der Waals surface area contributed by atoms with Crippen LogP contribution < -0.4 is 0 Å². The molecule has 0 rings (SSSR count). The maximum Gasteiger partial charge on any atom is 0.306 e. The predicted molar refractivity (Wildman–Crippen MR) is 362 cm³/mol. The maximum absolute atomic E-state index is 12.9. The van der Waals surface area contributed by atoms with Crippen molar-refractivity contribution >= 4 is 17.9 Å². The number of esters is 3. The number of unbranched alkanes of at least 4 members (excludes halogenated alkanes) is 32. The molecule has 0 aliphatic rings. The van der Waals surface area contributed by atoms with Gasteiger partial charge in [-0.25, -0.2) is 0 Å². The van der Waals surface area contributed by atoms with Gasteiger partial charge in [-0.05, 0) is 135 Å². The molecule has 1 unspecified atom stereocenters. The van der Waals surface area contributed by atoms with Crippen LogP contribution >= 0.6 is 0 Å². The number of allylic oxidation sites excluding steroid dienone is 20. The molecule has 0 amide bonds. The lowest BCUT2D eigenvalue weighted by Gasteiger charge is -2.18. The van der Waals surface area contributed by atoms with Gasteiger partial charge in [0.2, 0.25) is 0 Å². The van der Waals surface area contributed by atoms with Gasteiger partial charge in [0.1, 0.15) is 13.2 Å². The number of hydrogen-bond acceptors (Lipinski definition) is 6. The Kier molecular flexibility index (Phi) is 66.7.